The van der Waals surface area contributed by atoms with Gasteiger partial charge in [-0.1, -0.05) is 19.8 Å². The minimum absolute atomic E-state index is 0.691. The third-order valence-corrected chi connectivity index (χ3v) is 3.40. The van der Waals surface area contributed by atoms with Gasteiger partial charge in [0.2, 0.25) is 0 Å². The number of nitrogens with one attached hydrogen (secondary N) is 1. The summed E-state index contributed by atoms with van der Waals surface area (Å²) in [6.45, 7) is 4.99. The first-order valence-electron chi connectivity index (χ1n) is 4.52. The molecule has 1 aliphatic heterocycles. The van der Waals surface area contributed by atoms with Crippen molar-refractivity contribution in [2.24, 2.45) is 11.3 Å². The predicted octanol–water partition coefficient (Wildman–Crippen LogP) is 1.79. The lowest BCUT2D eigenvalue weighted by atomic mass is 9.71. The minimum Gasteiger partial charge on any atom is -0.316 e. The summed E-state index contributed by atoms with van der Waals surface area (Å²) in [6, 6.07) is 0. The monoisotopic (exact) mass is 139 g/mol. The van der Waals surface area contributed by atoms with Crippen molar-refractivity contribution < 1.29 is 0 Å². The molecule has 0 bridgehead atoms. The van der Waals surface area contributed by atoms with Gasteiger partial charge in [0, 0.05) is 13.1 Å². The Balaban J connectivity index is 1.96. The molecule has 1 saturated heterocycles. The van der Waals surface area contributed by atoms with E-state index in [9.17, 15) is 0 Å². The fourth-order valence-corrected chi connectivity index (χ4v) is 2.43. The molecule has 0 aromatic heterocycles. The topological polar surface area (TPSA) is 12.0 Å². The van der Waals surface area contributed by atoms with E-state index in [-0.39, 0.29) is 0 Å². The molecular weight excluding hydrogens is 122 g/mol. The van der Waals surface area contributed by atoms with Crippen LogP contribution in [-0.2, 0) is 0 Å². The highest BCUT2D eigenvalue weighted by atomic mass is 15.0. The lowest BCUT2D eigenvalue weighted by Gasteiger charge is -2.44. The van der Waals surface area contributed by atoms with Gasteiger partial charge in [0.1, 0.15) is 0 Å². The largest absolute Gasteiger partial charge is 0.316 e. The van der Waals surface area contributed by atoms with Crippen molar-refractivity contribution in [3.8, 4) is 0 Å². The first-order valence-corrected chi connectivity index (χ1v) is 4.52. The van der Waals surface area contributed by atoms with E-state index in [0.717, 1.165) is 5.92 Å². The van der Waals surface area contributed by atoms with Crippen molar-refractivity contribution in [3.05, 3.63) is 0 Å². The van der Waals surface area contributed by atoms with E-state index in [1.165, 1.54) is 38.8 Å². The van der Waals surface area contributed by atoms with Crippen molar-refractivity contribution >= 4 is 0 Å². The molecule has 10 heavy (non-hydrogen) atoms. The van der Waals surface area contributed by atoms with Gasteiger partial charge in [0.25, 0.3) is 0 Å². The molecule has 0 aromatic carbocycles. The Morgan fingerprint density at radius 3 is 2.20 bits per heavy atom. The van der Waals surface area contributed by atoms with Crippen LogP contribution < -0.4 is 5.32 Å². The molecule has 1 aliphatic carbocycles. The molecule has 0 aromatic rings. The quantitative estimate of drug-likeness (QED) is 0.584. The second-order valence-corrected chi connectivity index (χ2v) is 4.24. The molecular formula is C9H17N. The van der Waals surface area contributed by atoms with E-state index in [1.807, 2.05) is 0 Å². The third-order valence-electron chi connectivity index (χ3n) is 3.40. The lowest BCUT2D eigenvalue weighted by molar-refractivity contribution is 0.105. The highest BCUT2D eigenvalue weighted by molar-refractivity contribution is 4.95. The maximum absolute atomic E-state index is 3.38. The summed E-state index contributed by atoms with van der Waals surface area (Å²) in [4.78, 5) is 0. The zero-order chi connectivity index (χ0) is 7.03. The van der Waals surface area contributed by atoms with Crippen LogP contribution in [0, 0.1) is 11.3 Å². The van der Waals surface area contributed by atoms with Crippen molar-refractivity contribution in [3.63, 3.8) is 0 Å². The number of hydrogen-bond donors (Lipinski definition) is 1. The maximum atomic E-state index is 3.38. The van der Waals surface area contributed by atoms with Crippen LogP contribution in [-0.4, -0.2) is 13.1 Å². The fourth-order valence-electron chi connectivity index (χ4n) is 2.43. The molecule has 2 rings (SSSR count). The SMILES string of the molecule is CC1(C2CCCC2)CNC1. The lowest BCUT2D eigenvalue weighted by Crippen LogP contribution is -2.55. The summed E-state index contributed by atoms with van der Waals surface area (Å²) in [5.74, 6) is 1.05. The summed E-state index contributed by atoms with van der Waals surface area (Å²) in [5, 5.41) is 3.38. The summed E-state index contributed by atoms with van der Waals surface area (Å²) < 4.78 is 0. The summed E-state index contributed by atoms with van der Waals surface area (Å²) >= 11 is 0. The van der Waals surface area contributed by atoms with Crippen molar-refractivity contribution in [2.75, 3.05) is 13.1 Å². The highest BCUT2D eigenvalue weighted by Gasteiger charge is 2.40. The van der Waals surface area contributed by atoms with Crippen molar-refractivity contribution in [1.29, 1.82) is 0 Å². The molecule has 1 saturated carbocycles. The van der Waals surface area contributed by atoms with Crippen LogP contribution in [0.3, 0.4) is 0 Å². The normalized spacial score (nSPS) is 32.1. The fraction of sp³-hybridized carbons (Fsp3) is 1.00. The smallest absolute Gasteiger partial charge is 0.00202 e. The van der Waals surface area contributed by atoms with Gasteiger partial charge < -0.3 is 5.32 Å². The molecule has 1 N–H and O–H groups in total. The first-order chi connectivity index (χ1) is 4.81. The molecule has 0 atom stereocenters. The molecule has 1 heterocycles. The second-order valence-electron chi connectivity index (χ2n) is 4.24. The van der Waals surface area contributed by atoms with E-state index >= 15 is 0 Å². The summed E-state index contributed by atoms with van der Waals surface area (Å²) in [7, 11) is 0. The third kappa shape index (κ3) is 0.878. The summed E-state index contributed by atoms with van der Waals surface area (Å²) in [5.41, 5.74) is 0.691. The Labute approximate surface area is 63.2 Å². The average Bonchev–Trinajstić information content (AvgIpc) is 2.33. The van der Waals surface area contributed by atoms with Gasteiger partial charge in [0.05, 0.1) is 0 Å². The van der Waals surface area contributed by atoms with Gasteiger partial charge in [-0.3, -0.25) is 0 Å². The van der Waals surface area contributed by atoms with Crippen LogP contribution in [0.5, 0.6) is 0 Å². The van der Waals surface area contributed by atoms with Crippen molar-refractivity contribution in [1.82, 2.24) is 5.32 Å². The molecule has 0 unspecified atom stereocenters. The van der Waals surface area contributed by atoms with E-state index in [4.69, 9.17) is 0 Å². The standard InChI is InChI=1S/C9H17N/c1-9(6-10-7-9)8-4-2-3-5-8/h8,10H,2-7H2,1H3. The van der Waals surface area contributed by atoms with Crippen LogP contribution in [0.1, 0.15) is 32.6 Å². The Bertz CT molecular complexity index is 121. The molecule has 1 heteroatoms. The second kappa shape index (κ2) is 2.23. The van der Waals surface area contributed by atoms with E-state index in [0.29, 0.717) is 5.41 Å². The zero-order valence-electron chi connectivity index (χ0n) is 6.82. The molecule has 2 fully saturated rings. The molecule has 0 radical (unpaired) electrons. The molecule has 2 aliphatic rings. The van der Waals surface area contributed by atoms with Gasteiger partial charge in [-0.05, 0) is 24.2 Å². The summed E-state index contributed by atoms with van der Waals surface area (Å²) in [6.07, 6.45) is 5.97. The highest BCUT2D eigenvalue weighted by Crippen LogP contribution is 2.41. The minimum atomic E-state index is 0.691. The van der Waals surface area contributed by atoms with E-state index in [1.54, 1.807) is 0 Å². The van der Waals surface area contributed by atoms with Crippen LogP contribution in [0.4, 0.5) is 0 Å². The van der Waals surface area contributed by atoms with Gasteiger partial charge >= 0.3 is 0 Å². The van der Waals surface area contributed by atoms with Crippen LogP contribution in [0.15, 0.2) is 0 Å². The molecule has 0 amide bonds. The van der Waals surface area contributed by atoms with Crippen molar-refractivity contribution in [2.45, 2.75) is 32.6 Å². The molecule has 1 nitrogen and oxygen atoms in total. The van der Waals surface area contributed by atoms with Gasteiger partial charge in [0.15, 0.2) is 0 Å². The van der Waals surface area contributed by atoms with Gasteiger partial charge in [-0.2, -0.15) is 0 Å². The zero-order valence-corrected chi connectivity index (χ0v) is 6.82. The van der Waals surface area contributed by atoms with Crippen LogP contribution in [0.25, 0.3) is 0 Å². The van der Waals surface area contributed by atoms with Gasteiger partial charge in [-0.25, -0.2) is 0 Å². The number of rotatable bonds is 1. The number of hydrogen-bond acceptors (Lipinski definition) is 1. The Kier molecular flexibility index (Phi) is 1.48. The van der Waals surface area contributed by atoms with E-state index in [2.05, 4.69) is 12.2 Å². The van der Waals surface area contributed by atoms with Crippen LogP contribution in [0.2, 0.25) is 0 Å². The Morgan fingerprint density at radius 2 is 1.80 bits per heavy atom. The first kappa shape index (κ1) is 6.66. The molecule has 58 valence electrons. The average molecular weight is 139 g/mol. The van der Waals surface area contributed by atoms with Gasteiger partial charge in [-0.15, -0.1) is 0 Å². The van der Waals surface area contributed by atoms with Crippen LogP contribution >= 0.6 is 0 Å². The molecule has 0 spiro atoms. The Hall–Kier alpha value is -0.0400. The predicted molar refractivity (Wildman–Crippen MR) is 42.9 cm³/mol. The van der Waals surface area contributed by atoms with E-state index < -0.39 is 0 Å². The Morgan fingerprint density at radius 1 is 1.20 bits per heavy atom. The maximum Gasteiger partial charge on any atom is 0.00202 e.